The average molecular weight is 661 g/mol. The van der Waals surface area contributed by atoms with E-state index in [0.717, 1.165) is 5.56 Å². The van der Waals surface area contributed by atoms with Crippen LogP contribution < -0.4 is 29.1 Å². The molecule has 3 aromatic carbocycles. The van der Waals surface area contributed by atoms with Crippen LogP contribution in [0.25, 0.3) is 6.08 Å². The van der Waals surface area contributed by atoms with Gasteiger partial charge in [-0.25, -0.2) is 19.0 Å². The SMILES string of the molecule is CCOC(=O)C1=C(C)N=c2s/c(=C\c3ccc(OCc4ccccc4F)cc3)c(=O)n2[C@H]1c1ccc(OCC(=O)OC)c(OCC)c1. The summed E-state index contributed by atoms with van der Waals surface area (Å²) in [5.74, 6) is -0.319. The van der Waals surface area contributed by atoms with Gasteiger partial charge in [0.1, 0.15) is 18.2 Å². The second-order valence-corrected chi connectivity index (χ2v) is 11.3. The van der Waals surface area contributed by atoms with Gasteiger partial charge in [0.25, 0.3) is 5.56 Å². The topological polar surface area (TPSA) is 115 Å². The Balaban J connectivity index is 1.52. The zero-order valence-electron chi connectivity index (χ0n) is 26.3. The zero-order chi connectivity index (χ0) is 33.5. The number of fused-ring (bicyclic) bond motifs is 1. The van der Waals surface area contributed by atoms with Crippen molar-refractivity contribution in [2.24, 2.45) is 4.99 Å². The Morgan fingerprint density at radius 1 is 0.979 bits per heavy atom. The summed E-state index contributed by atoms with van der Waals surface area (Å²) in [5, 5.41) is 0. The molecule has 0 fully saturated rings. The van der Waals surface area contributed by atoms with Crippen LogP contribution >= 0.6 is 11.3 Å². The average Bonchev–Trinajstić information content (AvgIpc) is 3.37. The van der Waals surface area contributed by atoms with E-state index in [9.17, 15) is 18.8 Å². The van der Waals surface area contributed by atoms with Crippen molar-refractivity contribution in [3.8, 4) is 17.2 Å². The maximum atomic E-state index is 14.0. The number of carbonyl (C=O) groups is 2. The maximum absolute atomic E-state index is 14.0. The van der Waals surface area contributed by atoms with Gasteiger partial charge in [-0.15, -0.1) is 0 Å². The molecule has 1 atom stereocenters. The smallest absolute Gasteiger partial charge is 0.343 e. The minimum atomic E-state index is -0.879. The number of allylic oxidation sites excluding steroid dienone is 1. The summed E-state index contributed by atoms with van der Waals surface area (Å²) in [6, 6.07) is 17.6. The quantitative estimate of drug-likeness (QED) is 0.205. The summed E-state index contributed by atoms with van der Waals surface area (Å²) in [5.41, 5.74) is 2.02. The lowest BCUT2D eigenvalue weighted by molar-refractivity contribution is -0.143. The van der Waals surface area contributed by atoms with Crippen molar-refractivity contribution in [2.75, 3.05) is 26.9 Å². The van der Waals surface area contributed by atoms with Gasteiger partial charge >= 0.3 is 11.9 Å². The van der Waals surface area contributed by atoms with Gasteiger partial charge in [-0.1, -0.05) is 47.7 Å². The number of hydrogen-bond acceptors (Lipinski definition) is 10. The number of rotatable bonds is 12. The second kappa shape index (κ2) is 14.9. The molecule has 2 heterocycles. The molecule has 0 amide bonds. The highest BCUT2D eigenvalue weighted by Gasteiger charge is 2.34. The highest BCUT2D eigenvalue weighted by molar-refractivity contribution is 7.07. The van der Waals surface area contributed by atoms with E-state index in [1.54, 1.807) is 87.5 Å². The van der Waals surface area contributed by atoms with Gasteiger partial charge in [-0.2, -0.15) is 0 Å². The van der Waals surface area contributed by atoms with Crippen LogP contribution in [-0.2, 0) is 25.7 Å². The van der Waals surface area contributed by atoms with Crippen LogP contribution in [-0.4, -0.2) is 43.4 Å². The lowest BCUT2D eigenvalue weighted by Crippen LogP contribution is -2.40. The van der Waals surface area contributed by atoms with E-state index in [1.807, 2.05) is 0 Å². The molecule has 0 spiro atoms. The van der Waals surface area contributed by atoms with E-state index < -0.39 is 18.0 Å². The summed E-state index contributed by atoms with van der Waals surface area (Å²) < 4.78 is 43.1. The summed E-state index contributed by atoms with van der Waals surface area (Å²) in [4.78, 5) is 44.0. The first-order chi connectivity index (χ1) is 22.7. The monoisotopic (exact) mass is 660 g/mol. The van der Waals surface area contributed by atoms with Gasteiger partial charge in [0.05, 0.1) is 42.2 Å². The first-order valence-corrected chi connectivity index (χ1v) is 15.7. The predicted molar refractivity (Wildman–Crippen MR) is 173 cm³/mol. The first-order valence-electron chi connectivity index (χ1n) is 14.9. The highest BCUT2D eigenvalue weighted by atomic mass is 32.1. The van der Waals surface area contributed by atoms with Crippen molar-refractivity contribution in [3.05, 3.63) is 120 Å². The lowest BCUT2D eigenvalue weighted by Gasteiger charge is -2.25. The van der Waals surface area contributed by atoms with Crippen LogP contribution in [0.4, 0.5) is 4.39 Å². The molecule has 0 saturated carbocycles. The number of esters is 2. The Morgan fingerprint density at radius 2 is 1.74 bits per heavy atom. The number of benzene rings is 3. The Kier molecular flexibility index (Phi) is 10.5. The number of halogens is 1. The van der Waals surface area contributed by atoms with Gasteiger partial charge < -0.3 is 23.7 Å². The Morgan fingerprint density at radius 3 is 2.45 bits per heavy atom. The molecule has 5 rings (SSSR count). The lowest BCUT2D eigenvalue weighted by atomic mass is 9.95. The molecule has 12 heteroatoms. The molecule has 244 valence electrons. The van der Waals surface area contributed by atoms with E-state index in [2.05, 4.69) is 9.73 Å². The number of carbonyl (C=O) groups excluding carboxylic acids is 2. The molecule has 0 aliphatic carbocycles. The van der Waals surface area contributed by atoms with Crippen molar-refractivity contribution in [3.63, 3.8) is 0 Å². The number of thiazole rings is 1. The standard InChI is InChI=1S/C35H33FN2O8S/c1-5-43-28-18-23(13-16-27(28)46-20-30(39)42-4)32-31(34(41)44-6-2)21(3)37-35-38(32)33(40)29(47-35)17-22-11-14-25(15-12-22)45-19-24-9-7-8-10-26(24)36/h7-18,32H,5-6,19-20H2,1-4H3/b29-17-/t32-/m0/s1. The fourth-order valence-corrected chi connectivity index (χ4v) is 6.02. The molecule has 0 unspecified atom stereocenters. The number of ether oxygens (including phenoxy) is 5. The van der Waals surface area contributed by atoms with Gasteiger partial charge in [0, 0.05) is 5.56 Å². The second-order valence-electron chi connectivity index (χ2n) is 10.3. The molecular weight excluding hydrogens is 627 g/mol. The molecule has 0 bridgehead atoms. The minimum Gasteiger partial charge on any atom is -0.490 e. The zero-order valence-corrected chi connectivity index (χ0v) is 27.1. The first kappa shape index (κ1) is 33.1. The fourth-order valence-electron chi connectivity index (χ4n) is 4.97. The van der Waals surface area contributed by atoms with Gasteiger partial charge in [-0.3, -0.25) is 9.36 Å². The third-order valence-electron chi connectivity index (χ3n) is 7.20. The number of nitrogens with zero attached hydrogens (tertiary/aromatic N) is 2. The molecule has 1 aliphatic heterocycles. The molecular formula is C35H33FN2O8S. The molecule has 0 radical (unpaired) electrons. The van der Waals surface area contributed by atoms with Crippen molar-refractivity contribution >= 4 is 29.4 Å². The van der Waals surface area contributed by atoms with Crippen molar-refractivity contribution in [2.45, 2.75) is 33.4 Å². The third-order valence-corrected chi connectivity index (χ3v) is 8.19. The van der Waals surface area contributed by atoms with Crippen LogP contribution in [0.3, 0.4) is 0 Å². The van der Waals surface area contributed by atoms with E-state index in [0.29, 0.717) is 50.0 Å². The number of hydrogen-bond donors (Lipinski definition) is 0. The molecule has 10 nitrogen and oxygen atoms in total. The van der Waals surface area contributed by atoms with Crippen LogP contribution in [0.5, 0.6) is 17.2 Å². The highest BCUT2D eigenvalue weighted by Crippen LogP contribution is 2.36. The van der Waals surface area contributed by atoms with Crippen LogP contribution in [0.1, 0.15) is 43.5 Å². The summed E-state index contributed by atoms with van der Waals surface area (Å²) in [6.45, 7) is 5.40. The normalized spacial score (nSPS) is 14.2. The number of methoxy groups -OCH3 is 1. The Hall–Kier alpha value is -5.23. The molecule has 1 aromatic heterocycles. The van der Waals surface area contributed by atoms with E-state index in [4.69, 9.17) is 18.9 Å². The molecule has 0 N–H and O–H groups in total. The minimum absolute atomic E-state index is 0.0795. The van der Waals surface area contributed by atoms with Crippen LogP contribution in [0.15, 0.2) is 87.8 Å². The third kappa shape index (κ3) is 7.44. The molecule has 0 saturated heterocycles. The van der Waals surface area contributed by atoms with Crippen molar-refractivity contribution in [1.82, 2.24) is 4.57 Å². The largest absolute Gasteiger partial charge is 0.490 e. The van der Waals surface area contributed by atoms with Crippen molar-refractivity contribution < 1.29 is 37.7 Å². The van der Waals surface area contributed by atoms with E-state index in [-0.39, 0.29) is 36.8 Å². The maximum Gasteiger partial charge on any atom is 0.343 e. The summed E-state index contributed by atoms with van der Waals surface area (Å²) in [6.07, 6.45) is 1.74. The van der Waals surface area contributed by atoms with E-state index in [1.165, 1.54) is 29.1 Å². The van der Waals surface area contributed by atoms with Crippen LogP contribution in [0, 0.1) is 5.82 Å². The van der Waals surface area contributed by atoms with Gasteiger partial charge in [0.15, 0.2) is 22.9 Å². The fraction of sp³-hybridized carbons (Fsp3) is 0.257. The van der Waals surface area contributed by atoms with Gasteiger partial charge in [-0.05, 0) is 68.3 Å². The molecule has 47 heavy (non-hydrogen) atoms. The Bertz CT molecular complexity index is 2000. The summed E-state index contributed by atoms with van der Waals surface area (Å²) in [7, 11) is 1.26. The molecule has 1 aliphatic rings. The van der Waals surface area contributed by atoms with Crippen molar-refractivity contribution in [1.29, 1.82) is 0 Å². The number of aromatic nitrogens is 1. The Labute approximate surface area is 274 Å². The van der Waals surface area contributed by atoms with Gasteiger partial charge in [0.2, 0.25) is 0 Å². The van der Waals surface area contributed by atoms with Crippen LogP contribution in [0.2, 0.25) is 0 Å². The summed E-state index contributed by atoms with van der Waals surface area (Å²) >= 11 is 1.19. The predicted octanol–water partition coefficient (Wildman–Crippen LogP) is 4.47. The molecule has 4 aromatic rings. The van der Waals surface area contributed by atoms with E-state index >= 15 is 0 Å².